The number of halogens is 2. The largest absolute Gasteiger partial charge is 0.324 e. The number of anilines is 1. The van der Waals surface area contributed by atoms with E-state index in [0.717, 1.165) is 4.90 Å². The summed E-state index contributed by atoms with van der Waals surface area (Å²) in [6.45, 7) is -0.396. The van der Waals surface area contributed by atoms with Crippen molar-refractivity contribution in [1.82, 2.24) is 4.90 Å². The number of nitrogens with zero attached hydrogens (tertiary/aromatic N) is 2. The van der Waals surface area contributed by atoms with E-state index >= 15 is 0 Å². The van der Waals surface area contributed by atoms with Gasteiger partial charge in [0.1, 0.15) is 6.54 Å². The quantitative estimate of drug-likeness (QED) is 0.303. The van der Waals surface area contributed by atoms with Crippen molar-refractivity contribution in [2.24, 2.45) is 11.8 Å². The summed E-state index contributed by atoms with van der Waals surface area (Å²) in [5, 5.41) is 13.3. The zero-order chi connectivity index (χ0) is 19.0. The number of nitro groups is 1. The van der Waals surface area contributed by atoms with Gasteiger partial charge in [-0.15, -0.1) is 0 Å². The molecular formula is C16H15Br2N3O5. The van der Waals surface area contributed by atoms with Crippen LogP contribution in [0.15, 0.2) is 24.3 Å². The predicted octanol–water partition coefficient (Wildman–Crippen LogP) is 2.46. The van der Waals surface area contributed by atoms with Crippen LogP contribution in [0.5, 0.6) is 0 Å². The summed E-state index contributed by atoms with van der Waals surface area (Å²) in [4.78, 5) is 48.7. The first kappa shape index (κ1) is 19.0. The van der Waals surface area contributed by atoms with Crippen molar-refractivity contribution < 1.29 is 19.3 Å². The normalized spacial score (nSPS) is 28.0. The van der Waals surface area contributed by atoms with E-state index in [9.17, 15) is 24.5 Å². The van der Waals surface area contributed by atoms with Crippen LogP contribution in [0, 0.1) is 22.0 Å². The van der Waals surface area contributed by atoms with Gasteiger partial charge in [0.25, 0.3) is 5.69 Å². The van der Waals surface area contributed by atoms with E-state index < -0.39 is 29.2 Å². The Balaban J connectivity index is 1.68. The average Bonchev–Trinajstić information content (AvgIpc) is 2.80. The number of carbonyl (C=O) groups is 3. The van der Waals surface area contributed by atoms with E-state index in [-0.39, 0.29) is 32.8 Å². The Hall–Kier alpha value is -1.81. The van der Waals surface area contributed by atoms with Gasteiger partial charge in [0.15, 0.2) is 0 Å². The molecule has 10 heteroatoms. The summed E-state index contributed by atoms with van der Waals surface area (Å²) in [5.41, 5.74) is 0.0793. The first-order chi connectivity index (χ1) is 12.3. The molecule has 0 unspecified atom stereocenters. The van der Waals surface area contributed by atoms with E-state index in [4.69, 9.17) is 0 Å². The van der Waals surface area contributed by atoms with Crippen molar-refractivity contribution in [3.8, 4) is 0 Å². The number of rotatable bonds is 4. The van der Waals surface area contributed by atoms with Gasteiger partial charge in [-0.1, -0.05) is 37.9 Å². The molecule has 0 radical (unpaired) electrons. The van der Waals surface area contributed by atoms with E-state index in [2.05, 4.69) is 37.2 Å². The smallest absolute Gasteiger partial charge is 0.271 e. The second kappa shape index (κ2) is 7.43. The minimum atomic E-state index is -0.573. The Kier molecular flexibility index (Phi) is 5.42. The summed E-state index contributed by atoms with van der Waals surface area (Å²) >= 11 is 7.02. The first-order valence-corrected chi connectivity index (χ1v) is 9.78. The number of nitro benzene ring substituents is 1. The minimum absolute atomic E-state index is 0.0964. The van der Waals surface area contributed by atoms with Crippen LogP contribution in [0.4, 0.5) is 11.4 Å². The van der Waals surface area contributed by atoms with Crippen LogP contribution in [-0.4, -0.2) is 43.7 Å². The Labute approximate surface area is 165 Å². The molecule has 1 aromatic carbocycles. The fourth-order valence-electron chi connectivity index (χ4n) is 3.36. The van der Waals surface area contributed by atoms with Crippen LogP contribution in [0.25, 0.3) is 0 Å². The molecule has 1 N–H and O–H groups in total. The Morgan fingerprint density at radius 1 is 1.19 bits per heavy atom. The molecule has 0 aromatic heterocycles. The number of alkyl halides is 2. The van der Waals surface area contributed by atoms with E-state index in [1.165, 1.54) is 24.3 Å². The lowest BCUT2D eigenvalue weighted by Gasteiger charge is -2.29. The Morgan fingerprint density at radius 2 is 1.77 bits per heavy atom. The highest BCUT2D eigenvalue weighted by atomic mass is 79.9. The zero-order valence-corrected chi connectivity index (χ0v) is 16.6. The lowest BCUT2D eigenvalue weighted by Crippen LogP contribution is -2.38. The topological polar surface area (TPSA) is 110 Å². The molecule has 0 bridgehead atoms. The van der Waals surface area contributed by atoms with Crippen molar-refractivity contribution in [1.29, 1.82) is 0 Å². The van der Waals surface area contributed by atoms with Gasteiger partial charge in [-0.2, -0.15) is 0 Å². The highest BCUT2D eigenvalue weighted by molar-refractivity contribution is 9.12. The van der Waals surface area contributed by atoms with Crippen molar-refractivity contribution in [3.05, 3.63) is 34.4 Å². The molecule has 1 aliphatic carbocycles. The SMILES string of the molecule is O=C(CN1C(=O)[C@H]2C[C@@H](Br)[C@@H](Br)C[C@H]2C1=O)Nc1cccc([N+](=O)[O-])c1. The number of non-ortho nitro benzene ring substituents is 1. The summed E-state index contributed by atoms with van der Waals surface area (Å²) in [6, 6.07) is 5.47. The second-order valence-electron chi connectivity index (χ2n) is 6.33. The van der Waals surface area contributed by atoms with Crippen molar-refractivity contribution in [2.75, 3.05) is 11.9 Å². The Bertz CT molecular complexity index is 759. The zero-order valence-electron chi connectivity index (χ0n) is 13.4. The van der Waals surface area contributed by atoms with Crippen LogP contribution in [0.3, 0.4) is 0 Å². The maximum absolute atomic E-state index is 12.5. The third-order valence-electron chi connectivity index (χ3n) is 4.65. The summed E-state index contributed by atoms with van der Waals surface area (Å²) in [5.74, 6) is -2.06. The molecule has 2 fully saturated rings. The molecule has 1 saturated carbocycles. The molecule has 1 aromatic rings. The lowest BCUT2D eigenvalue weighted by atomic mass is 9.81. The standard InChI is InChI=1S/C16H15Br2N3O5/c17-12-5-10-11(6-13(12)18)16(24)20(15(10)23)7-14(22)19-8-2-1-3-9(4-8)21(25)26/h1-4,10-13H,5-7H2,(H,19,22)/t10-,11+,12+,13-. The molecule has 1 heterocycles. The van der Waals surface area contributed by atoms with Gasteiger partial charge >= 0.3 is 0 Å². The summed E-state index contributed by atoms with van der Waals surface area (Å²) in [7, 11) is 0. The second-order valence-corrected chi connectivity index (χ2v) is 8.69. The molecule has 3 amide bonds. The number of imide groups is 1. The molecule has 8 nitrogen and oxygen atoms in total. The maximum Gasteiger partial charge on any atom is 0.271 e. The Morgan fingerprint density at radius 3 is 2.31 bits per heavy atom. The number of nitrogens with one attached hydrogen (secondary N) is 1. The number of hydrogen-bond acceptors (Lipinski definition) is 5. The molecule has 0 spiro atoms. The van der Waals surface area contributed by atoms with Gasteiger partial charge < -0.3 is 5.32 Å². The van der Waals surface area contributed by atoms with E-state index in [1.54, 1.807) is 0 Å². The molecule has 4 atom stereocenters. The minimum Gasteiger partial charge on any atom is -0.324 e. The van der Waals surface area contributed by atoms with Gasteiger partial charge in [-0.25, -0.2) is 0 Å². The summed E-state index contributed by atoms with van der Waals surface area (Å²) < 4.78 is 0. The average molecular weight is 489 g/mol. The van der Waals surface area contributed by atoms with Crippen molar-refractivity contribution in [3.63, 3.8) is 0 Å². The first-order valence-electron chi connectivity index (χ1n) is 7.95. The number of carbonyl (C=O) groups excluding carboxylic acids is 3. The molecule has 3 rings (SSSR count). The van der Waals surface area contributed by atoms with Gasteiger partial charge in [-0.05, 0) is 18.9 Å². The van der Waals surface area contributed by atoms with E-state index in [0.29, 0.717) is 12.8 Å². The number of hydrogen-bond donors (Lipinski definition) is 1. The van der Waals surface area contributed by atoms with Gasteiger partial charge in [0.05, 0.1) is 16.8 Å². The molecule has 1 saturated heterocycles. The van der Waals surface area contributed by atoms with Crippen LogP contribution in [-0.2, 0) is 14.4 Å². The third kappa shape index (κ3) is 3.66. The lowest BCUT2D eigenvalue weighted by molar-refractivity contribution is -0.384. The fraction of sp³-hybridized carbons (Fsp3) is 0.438. The van der Waals surface area contributed by atoms with Crippen molar-refractivity contribution >= 4 is 61.0 Å². The molecule has 138 valence electrons. The maximum atomic E-state index is 12.5. The summed E-state index contributed by atoms with van der Waals surface area (Å²) in [6.07, 6.45) is 1.07. The van der Waals surface area contributed by atoms with Crippen LogP contribution < -0.4 is 5.32 Å². The van der Waals surface area contributed by atoms with Gasteiger partial charge in [-0.3, -0.25) is 29.4 Å². The monoisotopic (exact) mass is 487 g/mol. The number of amides is 3. The number of fused-ring (bicyclic) bond motifs is 1. The van der Waals surface area contributed by atoms with Gasteiger partial charge in [0, 0.05) is 27.5 Å². The third-order valence-corrected chi connectivity index (χ3v) is 7.38. The molecule has 2 aliphatic rings. The number of likely N-dealkylation sites (tertiary alicyclic amines) is 1. The van der Waals surface area contributed by atoms with Crippen LogP contribution in [0.1, 0.15) is 12.8 Å². The highest BCUT2D eigenvalue weighted by Gasteiger charge is 2.52. The fourth-order valence-corrected chi connectivity index (χ4v) is 4.60. The molecule has 1 aliphatic heterocycles. The predicted molar refractivity (Wildman–Crippen MR) is 100 cm³/mol. The highest BCUT2D eigenvalue weighted by Crippen LogP contribution is 2.43. The molecule has 26 heavy (non-hydrogen) atoms. The van der Waals surface area contributed by atoms with Crippen LogP contribution >= 0.6 is 31.9 Å². The van der Waals surface area contributed by atoms with Gasteiger partial charge in [0.2, 0.25) is 17.7 Å². The van der Waals surface area contributed by atoms with E-state index in [1.807, 2.05) is 0 Å². The molecular weight excluding hydrogens is 474 g/mol. The number of benzene rings is 1. The van der Waals surface area contributed by atoms with Crippen molar-refractivity contribution in [2.45, 2.75) is 22.5 Å². The van der Waals surface area contributed by atoms with Crippen LogP contribution in [0.2, 0.25) is 0 Å².